The molecule has 7 nitrogen and oxygen atoms in total. The van der Waals surface area contributed by atoms with Gasteiger partial charge in [-0.1, -0.05) is 36.4 Å². The lowest BCUT2D eigenvalue weighted by molar-refractivity contribution is -0.141. The number of hydrogen-bond donors (Lipinski definition) is 2. The van der Waals surface area contributed by atoms with Crippen LogP contribution in [-0.2, 0) is 27.3 Å². The molecule has 1 aliphatic rings. The largest absolute Gasteiger partial charge is 0.481 e. The van der Waals surface area contributed by atoms with Crippen LogP contribution in [0.15, 0.2) is 54.7 Å². The van der Waals surface area contributed by atoms with Crippen molar-refractivity contribution in [1.29, 1.82) is 0 Å². The Kier molecular flexibility index (Phi) is 6.37. The Labute approximate surface area is 163 Å². The maximum atomic E-state index is 12.5. The Bertz CT molecular complexity index is 826. The van der Waals surface area contributed by atoms with Crippen molar-refractivity contribution in [2.45, 2.75) is 19.4 Å². The van der Waals surface area contributed by atoms with Crippen LogP contribution < -0.4 is 5.32 Å². The quantitative estimate of drug-likeness (QED) is 0.722. The van der Waals surface area contributed by atoms with Gasteiger partial charge in [0.1, 0.15) is 0 Å². The summed E-state index contributed by atoms with van der Waals surface area (Å²) in [5.74, 6) is -2.51. The fourth-order valence-electron chi connectivity index (χ4n) is 3.30. The van der Waals surface area contributed by atoms with E-state index in [1.165, 1.54) is 0 Å². The Hall–Kier alpha value is -3.22. The summed E-state index contributed by atoms with van der Waals surface area (Å²) >= 11 is 0. The fourth-order valence-corrected chi connectivity index (χ4v) is 3.30. The highest BCUT2D eigenvalue weighted by atomic mass is 16.4. The van der Waals surface area contributed by atoms with Crippen LogP contribution in [0.2, 0.25) is 0 Å². The van der Waals surface area contributed by atoms with Gasteiger partial charge in [-0.15, -0.1) is 0 Å². The number of rotatable bonds is 8. The number of carboxylic acid groups (broad SMARTS) is 1. The number of amides is 2. The van der Waals surface area contributed by atoms with E-state index in [2.05, 4.69) is 10.3 Å². The average Bonchev–Trinajstić information content (AvgIpc) is 3.07. The fraction of sp³-hybridized carbons (Fsp3) is 0.333. The second kappa shape index (κ2) is 9.12. The molecule has 0 unspecified atom stereocenters. The number of hydrogen-bond acceptors (Lipinski definition) is 4. The van der Waals surface area contributed by atoms with Gasteiger partial charge >= 0.3 is 5.97 Å². The van der Waals surface area contributed by atoms with Crippen LogP contribution in [0.25, 0.3) is 0 Å². The molecule has 2 atom stereocenters. The summed E-state index contributed by atoms with van der Waals surface area (Å²) in [4.78, 5) is 42.0. The van der Waals surface area contributed by atoms with Crippen LogP contribution >= 0.6 is 0 Å². The van der Waals surface area contributed by atoms with E-state index in [0.717, 1.165) is 11.3 Å². The third kappa shape index (κ3) is 5.16. The zero-order chi connectivity index (χ0) is 19.9. The molecule has 28 heavy (non-hydrogen) atoms. The van der Waals surface area contributed by atoms with Gasteiger partial charge < -0.3 is 15.3 Å². The predicted octanol–water partition coefficient (Wildman–Crippen LogP) is 1.49. The molecule has 2 heterocycles. The van der Waals surface area contributed by atoms with E-state index in [1.54, 1.807) is 17.2 Å². The van der Waals surface area contributed by atoms with Gasteiger partial charge in [0.2, 0.25) is 11.8 Å². The summed E-state index contributed by atoms with van der Waals surface area (Å²) in [5, 5.41) is 12.2. The van der Waals surface area contributed by atoms with Gasteiger partial charge in [-0.3, -0.25) is 19.4 Å². The minimum Gasteiger partial charge on any atom is -0.481 e. The summed E-state index contributed by atoms with van der Waals surface area (Å²) in [6.45, 7) is 0.723. The molecular formula is C21H23N3O4. The number of benzene rings is 1. The number of carbonyl (C=O) groups excluding carboxylic acids is 2. The maximum Gasteiger partial charge on any atom is 0.308 e. The van der Waals surface area contributed by atoms with Crippen molar-refractivity contribution >= 4 is 17.8 Å². The van der Waals surface area contributed by atoms with Crippen molar-refractivity contribution < 1.29 is 19.5 Å². The summed E-state index contributed by atoms with van der Waals surface area (Å²) in [5.41, 5.74) is 1.67. The number of carboxylic acids is 1. The van der Waals surface area contributed by atoms with Crippen molar-refractivity contribution in [2.24, 2.45) is 11.8 Å². The number of pyridine rings is 1. The minimum absolute atomic E-state index is 0.0357. The van der Waals surface area contributed by atoms with Crippen LogP contribution in [0.4, 0.5) is 0 Å². The molecule has 2 N–H and O–H groups in total. The zero-order valence-corrected chi connectivity index (χ0v) is 15.5. The van der Waals surface area contributed by atoms with Crippen molar-refractivity contribution in [3.8, 4) is 0 Å². The first-order valence-electron chi connectivity index (χ1n) is 9.25. The van der Waals surface area contributed by atoms with Crippen LogP contribution in [0.1, 0.15) is 17.7 Å². The molecule has 0 bridgehead atoms. The van der Waals surface area contributed by atoms with E-state index >= 15 is 0 Å². The molecule has 0 spiro atoms. The molecule has 3 rings (SSSR count). The minimum atomic E-state index is -0.955. The highest BCUT2D eigenvalue weighted by Crippen LogP contribution is 2.20. The lowest BCUT2D eigenvalue weighted by Gasteiger charge is -2.17. The summed E-state index contributed by atoms with van der Waals surface area (Å²) in [6.07, 6.45) is 2.14. The lowest BCUT2D eigenvalue weighted by atomic mass is 9.99. The smallest absolute Gasteiger partial charge is 0.308 e. The number of nitrogens with one attached hydrogen (secondary N) is 1. The lowest BCUT2D eigenvalue weighted by Crippen LogP contribution is -2.38. The number of likely N-dealkylation sites (tertiary alicyclic amines) is 1. The third-order valence-electron chi connectivity index (χ3n) is 4.86. The standard InChI is InChI=1S/C21H23N3O4/c25-19-11-17(13-24(19)14-18-8-4-5-9-22-18)20(26)23-12-16(21(27)28)10-15-6-2-1-3-7-15/h1-9,16-17H,10-14H2,(H,23,26)(H,27,28)/t16-,17-/m0/s1. The van der Waals surface area contributed by atoms with Gasteiger partial charge in [0, 0.05) is 25.7 Å². The Balaban J connectivity index is 1.52. The van der Waals surface area contributed by atoms with Gasteiger partial charge in [-0.25, -0.2) is 0 Å². The van der Waals surface area contributed by atoms with Crippen LogP contribution in [0.5, 0.6) is 0 Å². The molecule has 1 saturated heterocycles. The van der Waals surface area contributed by atoms with Gasteiger partial charge in [-0.2, -0.15) is 0 Å². The molecule has 0 radical (unpaired) electrons. The van der Waals surface area contributed by atoms with E-state index < -0.39 is 17.8 Å². The first kappa shape index (κ1) is 19.5. The third-order valence-corrected chi connectivity index (χ3v) is 4.86. The van der Waals surface area contributed by atoms with Gasteiger partial charge in [-0.05, 0) is 24.1 Å². The van der Waals surface area contributed by atoms with Crippen LogP contribution in [0.3, 0.4) is 0 Å². The van der Waals surface area contributed by atoms with Gasteiger partial charge in [0.25, 0.3) is 0 Å². The predicted molar refractivity (Wildman–Crippen MR) is 102 cm³/mol. The molecule has 2 aromatic rings. The van der Waals surface area contributed by atoms with Crippen molar-refractivity contribution in [1.82, 2.24) is 15.2 Å². The van der Waals surface area contributed by atoms with E-state index in [-0.39, 0.29) is 24.8 Å². The molecule has 1 aromatic carbocycles. The van der Waals surface area contributed by atoms with E-state index in [9.17, 15) is 19.5 Å². The second-order valence-electron chi connectivity index (χ2n) is 6.97. The molecule has 146 valence electrons. The molecule has 7 heteroatoms. The van der Waals surface area contributed by atoms with E-state index in [4.69, 9.17) is 0 Å². The average molecular weight is 381 g/mol. The van der Waals surface area contributed by atoms with Crippen molar-refractivity contribution in [3.05, 3.63) is 66.0 Å². The van der Waals surface area contributed by atoms with Gasteiger partial charge in [0.15, 0.2) is 0 Å². The van der Waals surface area contributed by atoms with Crippen molar-refractivity contribution in [3.63, 3.8) is 0 Å². The van der Waals surface area contributed by atoms with Crippen LogP contribution in [0, 0.1) is 11.8 Å². The topological polar surface area (TPSA) is 99.6 Å². The number of nitrogens with zero attached hydrogens (tertiary/aromatic N) is 2. The van der Waals surface area contributed by atoms with Crippen molar-refractivity contribution in [2.75, 3.05) is 13.1 Å². The number of carbonyl (C=O) groups is 3. The van der Waals surface area contributed by atoms with E-state index in [0.29, 0.717) is 19.5 Å². The summed E-state index contributed by atoms with van der Waals surface area (Å²) in [7, 11) is 0. The first-order chi connectivity index (χ1) is 13.5. The normalized spacial score (nSPS) is 17.4. The Morgan fingerprint density at radius 3 is 2.61 bits per heavy atom. The molecule has 1 aliphatic heterocycles. The highest BCUT2D eigenvalue weighted by molar-refractivity contribution is 5.89. The first-order valence-corrected chi connectivity index (χ1v) is 9.25. The second-order valence-corrected chi connectivity index (χ2v) is 6.97. The molecule has 2 amide bonds. The molecule has 0 aliphatic carbocycles. The summed E-state index contributed by atoms with van der Waals surface area (Å²) < 4.78 is 0. The number of aromatic nitrogens is 1. The molecule has 1 fully saturated rings. The summed E-state index contributed by atoms with van der Waals surface area (Å²) in [6, 6.07) is 14.8. The van der Waals surface area contributed by atoms with Crippen LogP contribution in [-0.4, -0.2) is 45.9 Å². The molecular weight excluding hydrogens is 358 g/mol. The molecule has 1 aromatic heterocycles. The van der Waals surface area contributed by atoms with E-state index in [1.807, 2.05) is 42.5 Å². The zero-order valence-electron chi connectivity index (χ0n) is 15.5. The number of aliphatic carboxylic acids is 1. The Morgan fingerprint density at radius 1 is 1.18 bits per heavy atom. The SMILES string of the molecule is O=C(O)[C@H](CNC(=O)[C@H]1CC(=O)N(Cc2ccccn2)C1)Cc1ccccc1. The van der Waals surface area contributed by atoms with Gasteiger partial charge in [0.05, 0.1) is 24.1 Å². The maximum absolute atomic E-state index is 12.5. The monoisotopic (exact) mass is 381 g/mol. The molecule has 0 saturated carbocycles. The Morgan fingerprint density at radius 2 is 1.93 bits per heavy atom. The highest BCUT2D eigenvalue weighted by Gasteiger charge is 2.34.